The monoisotopic (exact) mass is 255 g/mol. The summed E-state index contributed by atoms with van der Waals surface area (Å²) in [6.07, 6.45) is 4.25. The van der Waals surface area contributed by atoms with Gasteiger partial charge < -0.3 is 14.5 Å². The average Bonchev–Trinajstić information content (AvgIpc) is 3.00. The summed E-state index contributed by atoms with van der Waals surface area (Å²) in [6, 6.07) is 12.7. The molecule has 0 saturated carbocycles. The normalized spacial score (nSPS) is 29.2. The van der Waals surface area contributed by atoms with Gasteiger partial charge in [-0.25, -0.2) is 0 Å². The summed E-state index contributed by atoms with van der Waals surface area (Å²) in [5, 5.41) is 3.62. The van der Waals surface area contributed by atoms with Gasteiger partial charge in [0.25, 0.3) is 0 Å². The smallest absolute Gasteiger partial charge is 0.126 e. The van der Waals surface area contributed by atoms with Crippen molar-refractivity contribution in [3.63, 3.8) is 0 Å². The maximum atomic E-state index is 6.05. The summed E-state index contributed by atoms with van der Waals surface area (Å²) in [6.45, 7) is 0.861. The zero-order valence-corrected chi connectivity index (χ0v) is 10.7. The third-order valence-electron chi connectivity index (χ3n) is 4.22. The van der Waals surface area contributed by atoms with Crippen molar-refractivity contribution in [3.05, 3.63) is 54.0 Å². The fourth-order valence-electron chi connectivity index (χ4n) is 3.37. The van der Waals surface area contributed by atoms with E-state index >= 15 is 0 Å². The second-order valence-corrected chi connectivity index (χ2v) is 5.32. The van der Waals surface area contributed by atoms with Gasteiger partial charge in [0.05, 0.1) is 18.4 Å². The topological polar surface area (TPSA) is 34.4 Å². The summed E-state index contributed by atoms with van der Waals surface area (Å²) >= 11 is 0. The summed E-state index contributed by atoms with van der Waals surface area (Å²) in [4.78, 5) is 0. The minimum absolute atomic E-state index is 0.196. The quantitative estimate of drug-likeness (QED) is 0.838. The van der Waals surface area contributed by atoms with Crippen LogP contribution >= 0.6 is 0 Å². The highest BCUT2D eigenvalue weighted by Gasteiger charge is 2.40. The molecule has 2 aromatic rings. The Morgan fingerprint density at radius 2 is 2.05 bits per heavy atom. The van der Waals surface area contributed by atoms with E-state index in [4.69, 9.17) is 9.15 Å². The first-order valence-corrected chi connectivity index (χ1v) is 6.94. The van der Waals surface area contributed by atoms with Crippen LogP contribution < -0.4 is 5.32 Å². The Kier molecular flexibility index (Phi) is 2.59. The van der Waals surface area contributed by atoms with Gasteiger partial charge in [-0.2, -0.15) is 0 Å². The summed E-state index contributed by atoms with van der Waals surface area (Å²) in [5.74, 6) is 1.46. The molecule has 0 radical (unpaired) electrons. The van der Waals surface area contributed by atoms with Gasteiger partial charge >= 0.3 is 0 Å². The van der Waals surface area contributed by atoms with E-state index in [1.807, 2.05) is 6.07 Å². The van der Waals surface area contributed by atoms with Crippen molar-refractivity contribution in [1.82, 2.24) is 0 Å². The number of ether oxygens (including phenoxy) is 1. The Hall–Kier alpha value is -1.74. The summed E-state index contributed by atoms with van der Waals surface area (Å²) in [7, 11) is 0. The number of rotatable bonds is 1. The van der Waals surface area contributed by atoms with E-state index in [0.29, 0.717) is 5.92 Å². The molecule has 3 unspecified atom stereocenters. The van der Waals surface area contributed by atoms with Crippen LogP contribution in [0.4, 0.5) is 5.69 Å². The Bertz CT molecular complexity index is 564. The number of hydrogen-bond donors (Lipinski definition) is 1. The van der Waals surface area contributed by atoms with Crippen LogP contribution in [0.2, 0.25) is 0 Å². The molecule has 1 fully saturated rings. The highest BCUT2D eigenvalue weighted by Crippen LogP contribution is 2.48. The van der Waals surface area contributed by atoms with E-state index in [0.717, 1.165) is 18.8 Å². The van der Waals surface area contributed by atoms with Gasteiger partial charge in [-0.15, -0.1) is 0 Å². The predicted octanol–water partition coefficient (Wildman–Crippen LogP) is 3.91. The minimum atomic E-state index is 0.196. The lowest BCUT2D eigenvalue weighted by molar-refractivity contribution is -0.0401. The third-order valence-corrected chi connectivity index (χ3v) is 4.22. The van der Waals surface area contributed by atoms with Crippen LogP contribution in [0.3, 0.4) is 0 Å². The molecular formula is C16H17NO2. The van der Waals surface area contributed by atoms with Crippen molar-refractivity contribution in [2.45, 2.75) is 25.0 Å². The zero-order valence-electron chi connectivity index (χ0n) is 10.7. The number of fused-ring (bicyclic) bond motifs is 3. The number of para-hydroxylation sites is 1. The highest BCUT2D eigenvalue weighted by atomic mass is 16.5. The number of hydrogen-bond acceptors (Lipinski definition) is 3. The lowest BCUT2D eigenvalue weighted by Gasteiger charge is -2.42. The van der Waals surface area contributed by atoms with Crippen molar-refractivity contribution < 1.29 is 9.15 Å². The first kappa shape index (κ1) is 11.1. The van der Waals surface area contributed by atoms with E-state index in [2.05, 4.69) is 35.6 Å². The van der Waals surface area contributed by atoms with Crippen molar-refractivity contribution in [2.24, 2.45) is 5.92 Å². The number of benzene rings is 1. The van der Waals surface area contributed by atoms with Gasteiger partial charge in [0.15, 0.2) is 0 Å². The summed E-state index contributed by atoms with van der Waals surface area (Å²) < 4.78 is 11.7. The average molecular weight is 255 g/mol. The van der Waals surface area contributed by atoms with Crippen LogP contribution in [0.15, 0.2) is 47.1 Å². The molecule has 4 rings (SSSR count). The maximum absolute atomic E-state index is 6.05. The predicted molar refractivity (Wildman–Crippen MR) is 72.9 cm³/mol. The molecule has 3 heterocycles. The van der Waals surface area contributed by atoms with Crippen molar-refractivity contribution in [3.8, 4) is 0 Å². The van der Waals surface area contributed by atoms with Gasteiger partial charge in [-0.1, -0.05) is 18.2 Å². The molecule has 1 N–H and O–H groups in total. The van der Waals surface area contributed by atoms with Crippen LogP contribution in [-0.4, -0.2) is 6.61 Å². The van der Waals surface area contributed by atoms with Crippen molar-refractivity contribution in [1.29, 1.82) is 0 Å². The molecule has 3 nitrogen and oxygen atoms in total. The zero-order chi connectivity index (χ0) is 12.7. The second kappa shape index (κ2) is 4.42. The molecule has 2 aliphatic heterocycles. The maximum Gasteiger partial charge on any atom is 0.126 e. The Balaban J connectivity index is 1.79. The largest absolute Gasteiger partial charge is 0.467 e. The molecule has 19 heavy (non-hydrogen) atoms. The Labute approximate surface area is 112 Å². The molecule has 3 atom stereocenters. The molecule has 1 aromatic heterocycles. The summed E-state index contributed by atoms with van der Waals surface area (Å²) in [5.41, 5.74) is 2.46. The lowest BCUT2D eigenvalue weighted by Crippen LogP contribution is -2.35. The van der Waals surface area contributed by atoms with Crippen LogP contribution in [-0.2, 0) is 4.74 Å². The fourth-order valence-corrected chi connectivity index (χ4v) is 3.37. The second-order valence-electron chi connectivity index (χ2n) is 5.32. The van der Waals surface area contributed by atoms with Crippen LogP contribution in [0.1, 0.15) is 36.3 Å². The van der Waals surface area contributed by atoms with Gasteiger partial charge in [0, 0.05) is 23.8 Å². The fraction of sp³-hybridized carbons (Fsp3) is 0.375. The first-order chi connectivity index (χ1) is 9.43. The standard InChI is InChI=1S/C16H17NO2/c1-2-7-13-11(5-1)16-12(6-3-10-19-16)15(17-13)14-8-4-9-18-14/h1-2,4-5,7-9,12,15-17H,3,6,10H2. The van der Waals surface area contributed by atoms with Gasteiger partial charge in [-0.3, -0.25) is 0 Å². The molecule has 0 amide bonds. The third kappa shape index (κ3) is 1.77. The number of nitrogens with one attached hydrogen (secondary N) is 1. The molecule has 0 aliphatic carbocycles. The first-order valence-electron chi connectivity index (χ1n) is 6.94. The van der Waals surface area contributed by atoms with Crippen LogP contribution in [0.5, 0.6) is 0 Å². The molecule has 0 spiro atoms. The Morgan fingerprint density at radius 3 is 2.95 bits per heavy atom. The van der Waals surface area contributed by atoms with E-state index in [9.17, 15) is 0 Å². The Morgan fingerprint density at radius 1 is 1.11 bits per heavy atom. The van der Waals surface area contributed by atoms with E-state index in [1.54, 1.807) is 6.26 Å². The van der Waals surface area contributed by atoms with Gasteiger partial charge in [-0.05, 0) is 31.0 Å². The molecule has 1 saturated heterocycles. The highest BCUT2D eigenvalue weighted by molar-refractivity contribution is 5.56. The van der Waals surface area contributed by atoms with Gasteiger partial charge in [0.1, 0.15) is 5.76 Å². The van der Waals surface area contributed by atoms with E-state index in [1.165, 1.54) is 17.7 Å². The van der Waals surface area contributed by atoms with E-state index in [-0.39, 0.29) is 12.1 Å². The molecular weight excluding hydrogens is 238 g/mol. The number of anilines is 1. The molecule has 0 bridgehead atoms. The SMILES string of the molecule is c1coc(C2Nc3ccccc3C3OCCCC23)c1. The van der Waals surface area contributed by atoms with Crippen LogP contribution in [0, 0.1) is 5.92 Å². The van der Waals surface area contributed by atoms with Crippen LogP contribution in [0.25, 0.3) is 0 Å². The van der Waals surface area contributed by atoms with Crippen molar-refractivity contribution in [2.75, 3.05) is 11.9 Å². The minimum Gasteiger partial charge on any atom is -0.467 e. The molecule has 1 aromatic carbocycles. The molecule has 2 aliphatic rings. The lowest BCUT2D eigenvalue weighted by atomic mass is 9.79. The van der Waals surface area contributed by atoms with Gasteiger partial charge in [0.2, 0.25) is 0 Å². The number of furan rings is 1. The van der Waals surface area contributed by atoms with E-state index < -0.39 is 0 Å². The molecule has 98 valence electrons. The molecule has 3 heteroatoms. The van der Waals surface area contributed by atoms with Crippen molar-refractivity contribution >= 4 is 5.69 Å².